The van der Waals surface area contributed by atoms with E-state index in [0.717, 1.165) is 18.2 Å². The van der Waals surface area contributed by atoms with Crippen LogP contribution in [0.1, 0.15) is 107 Å². The number of aliphatic hydroxyl groups is 1. The summed E-state index contributed by atoms with van der Waals surface area (Å²) in [5.74, 6) is -0.341. The molecular formula is C32H57BrN2O9. The second-order valence-electron chi connectivity index (χ2n) is 13.6. The first-order chi connectivity index (χ1) is 20.5. The van der Waals surface area contributed by atoms with Crippen molar-refractivity contribution in [2.24, 2.45) is 10.8 Å². The third-order valence-electron chi connectivity index (χ3n) is 7.76. The van der Waals surface area contributed by atoms with Crippen molar-refractivity contribution in [3.05, 3.63) is 0 Å². The maximum absolute atomic E-state index is 12.4. The fourth-order valence-corrected chi connectivity index (χ4v) is 5.67. The molecule has 0 bridgehead atoms. The van der Waals surface area contributed by atoms with E-state index in [1.807, 2.05) is 48.5 Å². The number of esters is 2. The van der Waals surface area contributed by atoms with Crippen LogP contribution in [0.5, 0.6) is 0 Å². The maximum Gasteiger partial charge on any atom is 0.410 e. The van der Waals surface area contributed by atoms with Gasteiger partial charge in [0.1, 0.15) is 11.2 Å². The van der Waals surface area contributed by atoms with Crippen molar-refractivity contribution in [1.82, 2.24) is 9.80 Å². The van der Waals surface area contributed by atoms with E-state index in [0.29, 0.717) is 77.9 Å². The Morgan fingerprint density at radius 3 is 1.30 bits per heavy atom. The molecule has 0 unspecified atom stereocenters. The summed E-state index contributed by atoms with van der Waals surface area (Å²) in [6.45, 7) is 17.5. The number of amides is 2. The highest BCUT2D eigenvalue weighted by Crippen LogP contribution is 2.39. The Hall–Kier alpha value is -2.08. The highest BCUT2D eigenvalue weighted by atomic mass is 79.9. The molecule has 0 atom stereocenters. The van der Waals surface area contributed by atoms with Crippen LogP contribution in [0, 0.1) is 10.8 Å². The summed E-state index contributed by atoms with van der Waals surface area (Å²) in [5.41, 5.74) is -2.06. The fraction of sp³-hybridized carbons (Fsp3) is 0.875. The van der Waals surface area contributed by atoms with Gasteiger partial charge in [0.05, 0.1) is 24.0 Å². The smallest absolute Gasteiger partial charge is 0.410 e. The van der Waals surface area contributed by atoms with Crippen LogP contribution in [0.25, 0.3) is 0 Å². The molecule has 0 spiro atoms. The van der Waals surface area contributed by atoms with E-state index in [2.05, 4.69) is 15.9 Å². The van der Waals surface area contributed by atoms with E-state index in [9.17, 15) is 19.2 Å². The van der Waals surface area contributed by atoms with Crippen molar-refractivity contribution < 1.29 is 43.2 Å². The lowest BCUT2D eigenvalue weighted by Gasteiger charge is -2.40. The van der Waals surface area contributed by atoms with Crippen LogP contribution in [0.15, 0.2) is 0 Å². The molecule has 256 valence electrons. The van der Waals surface area contributed by atoms with Crippen LogP contribution in [0.2, 0.25) is 0 Å². The van der Waals surface area contributed by atoms with Crippen molar-refractivity contribution in [3.8, 4) is 0 Å². The molecule has 2 amide bonds. The second kappa shape index (κ2) is 18.2. The first kappa shape index (κ1) is 39.9. The number of ether oxygens (including phenoxy) is 4. The van der Waals surface area contributed by atoms with Crippen LogP contribution in [0.4, 0.5) is 9.59 Å². The summed E-state index contributed by atoms with van der Waals surface area (Å²) >= 11 is 3.42. The van der Waals surface area contributed by atoms with Gasteiger partial charge in [0, 0.05) is 38.1 Å². The Morgan fingerprint density at radius 1 is 0.682 bits per heavy atom. The summed E-state index contributed by atoms with van der Waals surface area (Å²) < 4.78 is 21.2. The van der Waals surface area contributed by atoms with Gasteiger partial charge in [0.2, 0.25) is 0 Å². The minimum Gasteiger partial charge on any atom is -0.466 e. The highest BCUT2D eigenvalue weighted by Gasteiger charge is 2.44. The van der Waals surface area contributed by atoms with Crippen molar-refractivity contribution in [2.75, 3.05) is 51.3 Å². The molecule has 11 nitrogen and oxygen atoms in total. The van der Waals surface area contributed by atoms with Crippen LogP contribution in [0.3, 0.4) is 0 Å². The van der Waals surface area contributed by atoms with Crippen LogP contribution in [-0.4, -0.2) is 102 Å². The average Bonchev–Trinajstić information content (AvgIpc) is 2.94. The van der Waals surface area contributed by atoms with Gasteiger partial charge < -0.3 is 33.9 Å². The first-order valence-electron chi connectivity index (χ1n) is 15.9. The molecule has 0 aromatic rings. The van der Waals surface area contributed by atoms with E-state index in [1.165, 1.54) is 0 Å². The van der Waals surface area contributed by atoms with Gasteiger partial charge in [-0.2, -0.15) is 0 Å². The van der Waals surface area contributed by atoms with Gasteiger partial charge in [-0.25, -0.2) is 9.59 Å². The quantitative estimate of drug-likeness (QED) is 0.164. The van der Waals surface area contributed by atoms with Crippen molar-refractivity contribution in [2.45, 2.75) is 118 Å². The number of halogens is 1. The van der Waals surface area contributed by atoms with Gasteiger partial charge in [-0.3, -0.25) is 9.59 Å². The number of likely N-dealkylation sites (tertiary alicyclic amines) is 2. The predicted octanol–water partition coefficient (Wildman–Crippen LogP) is 6.08. The van der Waals surface area contributed by atoms with Gasteiger partial charge in [-0.05, 0) is 107 Å². The first-order valence-corrected chi connectivity index (χ1v) is 17.1. The molecule has 2 aliphatic rings. The van der Waals surface area contributed by atoms with Crippen LogP contribution >= 0.6 is 15.9 Å². The molecule has 12 heteroatoms. The molecule has 1 N–H and O–H groups in total. The molecule has 0 aromatic heterocycles. The molecule has 0 aliphatic carbocycles. The summed E-state index contributed by atoms with van der Waals surface area (Å²) in [6.07, 6.45) is 4.59. The largest absolute Gasteiger partial charge is 0.466 e. The SMILES string of the molecule is CCOC(=O)C1(CCCBr)CCN(C(=O)OC(C)(C)C)CC1.CCOC(=O)C1(CCCO)CCN(C(=O)OC(C)(C)C)CC1. The Labute approximate surface area is 272 Å². The molecular weight excluding hydrogens is 636 g/mol. The second-order valence-corrected chi connectivity index (χ2v) is 14.3. The van der Waals surface area contributed by atoms with E-state index in [1.54, 1.807) is 16.7 Å². The Kier molecular flexibility index (Phi) is 16.5. The normalized spacial score (nSPS) is 18.0. The number of piperidine rings is 2. The zero-order valence-electron chi connectivity index (χ0n) is 28.3. The summed E-state index contributed by atoms with van der Waals surface area (Å²) in [6, 6.07) is 0. The van der Waals surface area contributed by atoms with Gasteiger partial charge in [-0.1, -0.05) is 15.9 Å². The molecule has 44 heavy (non-hydrogen) atoms. The molecule has 2 rings (SSSR count). The molecule has 0 radical (unpaired) electrons. The highest BCUT2D eigenvalue weighted by molar-refractivity contribution is 9.09. The Bertz CT molecular complexity index is 840. The lowest BCUT2D eigenvalue weighted by atomic mass is 9.75. The topological polar surface area (TPSA) is 132 Å². The van der Waals surface area contributed by atoms with Gasteiger partial charge in [0.15, 0.2) is 0 Å². The number of carbonyl (C=O) groups is 4. The number of aliphatic hydroxyl groups excluding tert-OH is 1. The van der Waals surface area contributed by atoms with E-state index >= 15 is 0 Å². The third kappa shape index (κ3) is 13.1. The monoisotopic (exact) mass is 692 g/mol. The molecule has 2 saturated heterocycles. The summed E-state index contributed by atoms with van der Waals surface area (Å²) in [4.78, 5) is 52.2. The van der Waals surface area contributed by atoms with Crippen molar-refractivity contribution >= 4 is 40.1 Å². The third-order valence-corrected chi connectivity index (χ3v) is 8.32. The lowest BCUT2D eigenvalue weighted by molar-refractivity contribution is -0.160. The fourth-order valence-electron chi connectivity index (χ4n) is 5.39. The van der Waals surface area contributed by atoms with E-state index in [-0.39, 0.29) is 30.7 Å². The molecule has 2 aliphatic heterocycles. The minimum atomic E-state index is -0.586. The van der Waals surface area contributed by atoms with Crippen LogP contribution < -0.4 is 0 Å². The standard InChI is InChI=1S/C16H28BrNO4.C16H29NO5/c1-5-21-13(19)16(7-6-10-17)8-11-18(12-9-16)14(20)22-15(2,3)4;1-5-21-13(19)16(7-6-12-18)8-10-17(11-9-16)14(20)22-15(2,3)4/h5-12H2,1-4H3;18H,5-12H2,1-4H3. The molecule has 2 heterocycles. The van der Waals surface area contributed by atoms with Gasteiger partial charge in [-0.15, -0.1) is 0 Å². The van der Waals surface area contributed by atoms with Crippen LogP contribution in [-0.2, 0) is 28.5 Å². The molecule has 2 fully saturated rings. The molecule has 0 aromatic carbocycles. The number of hydrogen-bond donors (Lipinski definition) is 1. The Balaban J connectivity index is 0.000000440. The van der Waals surface area contributed by atoms with E-state index in [4.69, 9.17) is 24.1 Å². The zero-order valence-corrected chi connectivity index (χ0v) is 29.9. The summed E-state index contributed by atoms with van der Waals surface area (Å²) in [7, 11) is 0. The van der Waals surface area contributed by atoms with Gasteiger partial charge >= 0.3 is 24.1 Å². The van der Waals surface area contributed by atoms with Crippen molar-refractivity contribution in [1.29, 1.82) is 0 Å². The number of alkyl halides is 1. The molecule has 0 saturated carbocycles. The number of nitrogens with zero attached hydrogens (tertiary/aromatic N) is 2. The predicted molar refractivity (Wildman–Crippen MR) is 172 cm³/mol. The number of hydrogen-bond acceptors (Lipinski definition) is 9. The maximum atomic E-state index is 12.4. The number of carbonyl (C=O) groups excluding carboxylic acids is 4. The zero-order chi connectivity index (χ0) is 33.6. The van der Waals surface area contributed by atoms with E-state index < -0.39 is 22.0 Å². The number of rotatable bonds is 10. The van der Waals surface area contributed by atoms with Gasteiger partial charge in [0.25, 0.3) is 0 Å². The minimum absolute atomic E-state index is 0.0525. The Morgan fingerprint density at radius 2 is 1.02 bits per heavy atom. The summed E-state index contributed by atoms with van der Waals surface area (Å²) in [5, 5.41) is 9.92. The van der Waals surface area contributed by atoms with Crippen molar-refractivity contribution in [3.63, 3.8) is 0 Å². The lowest BCUT2D eigenvalue weighted by Crippen LogP contribution is -2.48. The average molecular weight is 694 g/mol.